The second kappa shape index (κ2) is 5.37. The molecule has 3 aromatic rings. The number of para-hydroxylation sites is 1. The molecule has 0 atom stereocenters. The maximum atomic E-state index is 6.24. The van der Waals surface area contributed by atoms with E-state index in [1.807, 2.05) is 37.3 Å². The molecule has 2 aromatic carbocycles. The number of aryl methyl sites for hydroxylation is 1. The van der Waals surface area contributed by atoms with Crippen molar-refractivity contribution in [1.29, 1.82) is 0 Å². The first-order chi connectivity index (χ1) is 10.1. The summed E-state index contributed by atoms with van der Waals surface area (Å²) < 4.78 is 2.84. The Balaban J connectivity index is 2.17. The number of hydrogen-bond acceptors (Lipinski definition) is 2. The van der Waals surface area contributed by atoms with E-state index in [-0.39, 0.29) is 0 Å². The van der Waals surface area contributed by atoms with Crippen molar-refractivity contribution in [3.63, 3.8) is 0 Å². The van der Waals surface area contributed by atoms with Gasteiger partial charge in [0.25, 0.3) is 0 Å². The lowest BCUT2D eigenvalue weighted by Crippen LogP contribution is -2.01. The zero-order chi connectivity index (χ0) is 15.0. The van der Waals surface area contributed by atoms with Crippen LogP contribution in [0, 0.1) is 13.8 Å². The molecule has 3 nitrogen and oxygen atoms in total. The Morgan fingerprint density at radius 3 is 2.43 bits per heavy atom. The minimum absolute atomic E-state index is 0.675. The Hall–Kier alpha value is -2.07. The van der Waals surface area contributed by atoms with Crippen molar-refractivity contribution in [2.45, 2.75) is 13.8 Å². The fourth-order valence-electron chi connectivity index (χ4n) is 2.42. The summed E-state index contributed by atoms with van der Waals surface area (Å²) in [5.41, 5.74) is 11.4. The first-order valence-electron chi connectivity index (χ1n) is 6.74. The normalized spacial score (nSPS) is 10.8. The average Bonchev–Trinajstić information content (AvgIpc) is 2.75. The average molecular weight is 342 g/mol. The summed E-state index contributed by atoms with van der Waals surface area (Å²) in [5, 5.41) is 4.70. The van der Waals surface area contributed by atoms with E-state index in [0.717, 1.165) is 27.0 Å². The Morgan fingerprint density at radius 1 is 1.05 bits per heavy atom. The van der Waals surface area contributed by atoms with Crippen LogP contribution in [-0.2, 0) is 0 Å². The van der Waals surface area contributed by atoms with Gasteiger partial charge in [0.1, 0.15) is 5.82 Å². The Bertz CT molecular complexity index is 771. The highest BCUT2D eigenvalue weighted by molar-refractivity contribution is 9.10. The fraction of sp³-hybridized carbons (Fsp3) is 0.118. The first kappa shape index (κ1) is 13.9. The smallest absolute Gasteiger partial charge is 0.130 e. The number of halogens is 1. The van der Waals surface area contributed by atoms with Gasteiger partial charge in [0.2, 0.25) is 0 Å². The predicted molar refractivity (Wildman–Crippen MR) is 90.6 cm³/mol. The lowest BCUT2D eigenvalue weighted by molar-refractivity contribution is 0.895. The molecule has 0 saturated carbocycles. The minimum Gasteiger partial charge on any atom is -0.383 e. The van der Waals surface area contributed by atoms with Gasteiger partial charge in [-0.2, -0.15) is 5.10 Å². The van der Waals surface area contributed by atoms with Crippen molar-refractivity contribution >= 4 is 21.7 Å². The summed E-state index contributed by atoms with van der Waals surface area (Å²) in [5.74, 6) is 0.675. The quantitative estimate of drug-likeness (QED) is 0.745. The van der Waals surface area contributed by atoms with E-state index in [4.69, 9.17) is 10.8 Å². The van der Waals surface area contributed by atoms with Crippen LogP contribution in [-0.4, -0.2) is 9.78 Å². The van der Waals surface area contributed by atoms with Gasteiger partial charge >= 0.3 is 0 Å². The van der Waals surface area contributed by atoms with E-state index in [0.29, 0.717) is 5.82 Å². The van der Waals surface area contributed by atoms with Gasteiger partial charge in [-0.3, -0.25) is 0 Å². The van der Waals surface area contributed by atoms with Crippen LogP contribution in [0.1, 0.15) is 11.1 Å². The van der Waals surface area contributed by atoms with E-state index in [1.54, 1.807) is 4.68 Å². The highest BCUT2D eigenvalue weighted by Crippen LogP contribution is 2.30. The summed E-state index contributed by atoms with van der Waals surface area (Å²) in [7, 11) is 0. The van der Waals surface area contributed by atoms with Gasteiger partial charge in [-0.15, -0.1) is 0 Å². The minimum atomic E-state index is 0.675. The topological polar surface area (TPSA) is 43.8 Å². The molecule has 0 bridgehead atoms. The van der Waals surface area contributed by atoms with Crippen molar-refractivity contribution < 1.29 is 0 Å². The molecule has 21 heavy (non-hydrogen) atoms. The van der Waals surface area contributed by atoms with E-state index >= 15 is 0 Å². The zero-order valence-corrected chi connectivity index (χ0v) is 13.6. The number of benzene rings is 2. The van der Waals surface area contributed by atoms with Gasteiger partial charge in [-0.05, 0) is 49.7 Å². The molecule has 0 aliphatic heterocycles. The van der Waals surface area contributed by atoms with Crippen LogP contribution in [0.2, 0.25) is 0 Å². The van der Waals surface area contributed by atoms with Gasteiger partial charge in [0, 0.05) is 15.6 Å². The summed E-state index contributed by atoms with van der Waals surface area (Å²) in [6, 6.07) is 16.2. The lowest BCUT2D eigenvalue weighted by atomic mass is 10.1. The number of nitrogen functional groups attached to an aromatic ring is 1. The van der Waals surface area contributed by atoms with Crippen LogP contribution in [0.15, 0.2) is 53.0 Å². The van der Waals surface area contributed by atoms with Crippen molar-refractivity contribution in [2.75, 3.05) is 5.73 Å². The third-order valence-corrected chi connectivity index (χ3v) is 3.94. The molecule has 0 saturated heterocycles. The highest BCUT2D eigenvalue weighted by atomic mass is 79.9. The molecular weight excluding hydrogens is 326 g/mol. The monoisotopic (exact) mass is 341 g/mol. The second-order valence-electron chi connectivity index (χ2n) is 5.12. The Labute approximate surface area is 132 Å². The van der Waals surface area contributed by atoms with Crippen LogP contribution in [0.3, 0.4) is 0 Å². The maximum Gasteiger partial charge on any atom is 0.130 e. The van der Waals surface area contributed by atoms with E-state index in [1.165, 1.54) is 5.56 Å². The molecule has 2 N–H and O–H groups in total. The molecule has 0 fully saturated rings. The summed E-state index contributed by atoms with van der Waals surface area (Å²) in [6.45, 7) is 4.08. The van der Waals surface area contributed by atoms with Crippen molar-refractivity contribution in [1.82, 2.24) is 9.78 Å². The molecule has 0 unspecified atom stereocenters. The second-order valence-corrected chi connectivity index (χ2v) is 6.04. The van der Waals surface area contributed by atoms with E-state index in [2.05, 4.69) is 41.1 Å². The number of nitrogens with zero attached hydrogens (tertiary/aromatic N) is 2. The third-order valence-electron chi connectivity index (χ3n) is 3.48. The molecule has 3 rings (SSSR count). The molecule has 1 heterocycles. The van der Waals surface area contributed by atoms with Crippen LogP contribution in [0.25, 0.3) is 16.9 Å². The van der Waals surface area contributed by atoms with Crippen LogP contribution < -0.4 is 5.73 Å². The number of hydrogen-bond donors (Lipinski definition) is 1. The van der Waals surface area contributed by atoms with Gasteiger partial charge in [0.15, 0.2) is 0 Å². The first-order valence-corrected chi connectivity index (χ1v) is 7.53. The Kier molecular flexibility index (Phi) is 3.55. The molecule has 4 heteroatoms. The van der Waals surface area contributed by atoms with Gasteiger partial charge < -0.3 is 5.73 Å². The summed E-state index contributed by atoms with van der Waals surface area (Å²) in [4.78, 5) is 0. The zero-order valence-electron chi connectivity index (χ0n) is 12.0. The summed E-state index contributed by atoms with van der Waals surface area (Å²) >= 11 is 3.54. The maximum absolute atomic E-state index is 6.24. The van der Waals surface area contributed by atoms with Crippen molar-refractivity contribution in [3.05, 3.63) is 64.1 Å². The third kappa shape index (κ3) is 2.59. The number of anilines is 1. The van der Waals surface area contributed by atoms with E-state index < -0.39 is 0 Å². The molecular formula is C17H16BrN3. The molecule has 0 radical (unpaired) electrons. The highest BCUT2D eigenvalue weighted by Gasteiger charge is 2.15. The number of aromatic nitrogens is 2. The fourth-order valence-corrected chi connectivity index (χ4v) is 3.03. The standard InChI is InChI=1S/C17H16BrN3/c1-11-8-13(10-14(18)9-11)16-12(2)17(19)21(20-16)15-6-4-3-5-7-15/h3-10H,19H2,1-2H3. The SMILES string of the molecule is Cc1cc(Br)cc(-c2nn(-c3ccccc3)c(N)c2C)c1. The molecule has 0 amide bonds. The van der Waals surface area contributed by atoms with E-state index in [9.17, 15) is 0 Å². The predicted octanol–water partition coefficient (Wildman–Crippen LogP) is 4.50. The van der Waals surface area contributed by atoms with Crippen molar-refractivity contribution in [3.8, 4) is 16.9 Å². The van der Waals surface area contributed by atoms with Crippen LogP contribution in [0.5, 0.6) is 0 Å². The summed E-state index contributed by atoms with van der Waals surface area (Å²) in [6.07, 6.45) is 0. The lowest BCUT2D eigenvalue weighted by Gasteiger charge is -2.03. The van der Waals surface area contributed by atoms with Gasteiger partial charge in [-0.1, -0.05) is 34.1 Å². The largest absolute Gasteiger partial charge is 0.383 e. The number of rotatable bonds is 2. The molecule has 106 valence electrons. The molecule has 0 aliphatic rings. The Morgan fingerprint density at radius 2 is 1.76 bits per heavy atom. The molecule has 1 aromatic heterocycles. The van der Waals surface area contributed by atoms with Crippen LogP contribution >= 0.6 is 15.9 Å². The van der Waals surface area contributed by atoms with Gasteiger partial charge in [-0.25, -0.2) is 4.68 Å². The van der Waals surface area contributed by atoms with Crippen LogP contribution in [0.4, 0.5) is 5.82 Å². The van der Waals surface area contributed by atoms with Gasteiger partial charge in [0.05, 0.1) is 11.4 Å². The molecule has 0 spiro atoms. The van der Waals surface area contributed by atoms with Crippen molar-refractivity contribution in [2.24, 2.45) is 0 Å². The molecule has 0 aliphatic carbocycles. The number of nitrogens with two attached hydrogens (primary N) is 1.